The number of nitrogens with one attached hydrogen (secondary N) is 1. The lowest BCUT2D eigenvalue weighted by atomic mass is 9.93. The highest BCUT2D eigenvalue weighted by atomic mass is 15.0. The van der Waals surface area contributed by atoms with E-state index in [4.69, 9.17) is 0 Å². The Bertz CT molecular complexity index is 527. The molecule has 1 atom stereocenters. The van der Waals surface area contributed by atoms with Gasteiger partial charge in [-0.2, -0.15) is 0 Å². The van der Waals surface area contributed by atoms with Crippen LogP contribution in [0.5, 0.6) is 0 Å². The summed E-state index contributed by atoms with van der Waals surface area (Å²) in [5.74, 6) is 0. The molecule has 0 amide bonds. The minimum Gasteiger partial charge on any atom is -0.346 e. The van der Waals surface area contributed by atoms with E-state index in [0.717, 1.165) is 12.8 Å². The second-order valence-corrected chi connectivity index (χ2v) is 4.58. The van der Waals surface area contributed by atoms with Gasteiger partial charge in [0.25, 0.3) is 0 Å². The molecule has 0 saturated carbocycles. The zero-order chi connectivity index (χ0) is 11.1. The third kappa shape index (κ3) is 1.28. The number of nitrogens with zero attached hydrogens (tertiary/aromatic N) is 2. The van der Waals surface area contributed by atoms with Crippen molar-refractivity contribution in [2.45, 2.75) is 25.3 Å². The van der Waals surface area contributed by atoms with E-state index in [0.29, 0.717) is 6.04 Å². The standard InChI is InChI=1S/C13H17N3/c1-14-9-5-6-11-10(8-9)13-12(16(11)2)4-3-7-15-13/h3-4,7,9,14H,5-6,8H2,1-2H3. The van der Waals surface area contributed by atoms with Gasteiger partial charge in [0.2, 0.25) is 0 Å². The van der Waals surface area contributed by atoms with Crippen molar-refractivity contribution >= 4 is 11.0 Å². The Morgan fingerprint density at radius 1 is 1.50 bits per heavy atom. The van der Waals surface area contributed by atoms with E-state index >= 15 is 0 Å². The lowest BCUT2D eigenvalue weighted by Crippen LogP contribution is -2.31. The molecule has 1 aliphatic rings. The highest BCUT2D eigenvalue weighted by Crippen LogP contribution is 2.29. The van der Waals surface area contributed by atoms with Crippen molar-refractivity contribution in [1.82, 2.24) is 14.9 Å². The molecule has 0 aliphatic heterocycles. The van der Waals surface area contributed by atoms with Crippen LogP contribution >= 0.6 is 0 Å². The minimum absolute atomic E-state index is 0.611. The number of rotatable bonds is 1. The van der Waals surface area contributed by atoms with Gasteiger partial charge in [0.15, 0.2) is 0 Å². The number of aromatic nitrogens is 2. The zero-order valence-electron chi connectivity index (χ0n) is 9.83. The molecule has 3 rings (SSSR count). The molecule has 1 unspecified atom stereocenters. The summed E-state index contributed by atoms with van der Waals surface area (Å²) in [5.41, 5.74) is 5.38. The van der Waals surface area contributed by atoms with Crippen molar-refractivity contribution in [2.75, 3.05) is 7.05 Å². The molecule has 1 aliphatic carbocycles. The van der Waals surface area contributed by atoms with Gasteiger partial charge < -0.3 is 9.88 Å². The second kappa shape index (κ2) is 3.59. The summed E-state index contributed by atoms with van der Waals surface area (Å²) in [4.78, 5) is 4.54. The molecule has 0 saturated heterocycles. The minimum atomic E-state index is 0.611. The Morgan fingerprint density at radius 2 is 2.38 bits per heavy atom. The second-order valence-electron chi connectivity index (χ2n) is 4.58. The van der Waals surface area contributed by atoms with Gasteiger partial charge in [-0.15, -0.1) is 0 Å². The fraction of sp³-hybridized carbons (Fsp3) is 0.462. The van der Waals surface area contributed by atoms with Crippen molar-refractivity contribution in [3.63, 3.8) is 0 Å². The predicted octanol–water partition coefficient (Wildman–Crippen LogP) is 1.65. The van der Waals surface area contributed by atoms with E-state index in [1.54, 1.807) is 0 Å². The Kier molecular flexibility index (Phi) is 2.21. The average molecular weight is 215 g/mol. The molecule has 2 heterocycles. The Balaban J connectivity index is 2.21. The Hall–Kier alpha value is -1.35. The van der Waals surface area contributed by atoms with Crippen LogP contribution < -0.4 is 5.32 Å². The maximum absolute atomic E-state index is 4.54. The van der Waals surface area contributed by atoms with E-state index in [2.05, 4.69) is 28.0 Å². The lowest BCUT2D eigenvalue weighted by Gasteiger charge is -2.22. The molecule has 16 heavy (non-hydrogen) atoms. The van der Waals surface area contributed by atoms with Gasteiger partial charge in [-0.1, -0.05) is 0 Å². The smallest absolute Gasteiger partial charge is 0.0916 e. The van der Waals surface area contributed by atoms with Gasteiger partial charge in [0.1, 0.15) is 0 Å². The van der Waals surface area contributed by atoms with E-state index in [9.17, 15) is 0 Å². The molecule has 0 fully saturated rings. The molecule has 0 spiro atoms. The van der Waals surface area contributed by atoms with Gasteiger partial charge in [0, 0.05) is 30.5 Å². The number of hydrogen-bond acceptors (Lipinski definition) is 2. The van der Waals surface area contributed by atoms with Crippen LogP contribution in [0.1, 0.15) is 17.7 Å². The molecule has 0 aromatic carbocycles. The third-order valence-electron chi connectivity index (χ3n) is 3.78. The number of likely N-dealkylation sites (N-methyl/N-ethyl adjacent to an activating group) is 1. The van der Waals surface area contributed by atoms with Gasteiger partial charge in [-0.3, -0.25) is 4.98 Å². The summed E-state index contributed by atoms with van der Waals surface area (Å²) in [7, 11) is 4.21. The van der Waals surface area contributed by atoms with E-state index < -0.39 is 0 Å². The molecule has 2 aromatic heterocycles. The van der Waals surface area contributed by atoms with E-state index in [-0.39, 0.29) is 0 Å². The number of pyridine rings is 1. The Labute approximate surface area is 95.5 Å². The molecular weight excluding hydrogens is 198 g/mol. The van der Waals surface area contributed by atoms with Crippen molar-refractivity contribution in [3.05, 3.63) is 29.6 Å². The quantitative estimate of drug-likeness (QED) is 0.784. The van der Waals surface area contributed by atoms with Crippen molar-refractivity contribution < 1.29 is 0 Å². The average Bonchev–Trinajstić information content (AvgIpc) is 2.64. The van der Waals surface area contributed by atoms with Crippen LogP contribution in [-0.2, 0) is 19.9 Å². The topological polar surface area (TPSA) is 29.9 Å². The van der Waals surface area contributed by atoms with Gasteiger partial charge in [-0.25, -0.2) is 0 Å². The number of fused-ring (bicyclic) bond motifs is 3. The fourth-order valence-corrected chi connectivity index (χ4v) is 2.82. The molecule has 3 nitrogen and oxygen atoms in total. The maximum Gasteiger partial charge on any atom is 0.0916 e. The van der Waals surface area contributed by atoms with Gasteiger partial charge in [-0.05, 0) is 38.4 Å². The van der Waals surface area contributed by atoms with Crippen LogP contribution in [0, 0.1) is 0 Å². The molecule has 0 radical (unpaired) electrons. The van der Waals surface area contributed by atoms with Crippen LogP contribution in [0.3, 0.4) is 0 Å². The third-order valence-corrected chi connectivity index (χ3v) is 3.78. The van der Waals surface area contributed by atoms with Crippen LogP contribution in [0.25, 0.3) is 11.0 Å². The highest BCUT2D eigenvalue weighted by Gasteiger charge is 2.23. The van der Waals surface area contributed by atoms with Crippen LogP contribution in [0.15, 0.2) is 18.3 Å². The first kappa shape index (κ1) is 9.85. The molecule has 3 heteroatoms. The summed E-state index contributed by atoms with van der Waals surface area (Å²) in [6.07, 6.45) is 5.40. The van der Waals surface area contributed by atoms with Crippen LogP contribution in [0.4, 0.5) is 0 Å². The molecule has 1 N–H and O–H groups in total. The van der Waals surface area contributed by atoms with Crippen LogP contribution in [0.2, 0.25) is 0 Å². The van der Waals surface area contributed by atoms with Crippen molar-refractivity contribution in [1.29, 1.82) is 0 Å². The molecule has 2 aromatic rings. The molecular formula is C13H17N3. The normalized spacial score (nSPS) is 20.0. The summed E-state index contributed by atoms with van der Waals surface area (Å²) < 4.78 is 2.31. The summed E-state index contributed by atoms with van der Waals surface area (Å²) in [6, 6.07) is 4.79. The largest absolute Gasteiger partial charge is 0.346 e. The molecule has 84 valence electrons. The lowest BCUT2D eigenvalue weighted by molar-refractivity contribution is 0.488. The van der Waals surface area contributed by atoms with Crippen molar-refractivity contribution in [3.8, 4) is 0 Å². The summed E-state index contributed by atoms with van der Waals surface area (Å²) >= 11 is 0. The van der Waals surface area contributed by atoms with Crippen molar-refractivity contribution in [2.24, 2.45) is 7.05 Å². The van der Waals surface area contributed by atoms with Gasteiger partial charge in [0.05, 0.1) is 11.0 Å². The first-order valence-electron chi connectivity index (χ1n) is 5.89. The first-order valence-corrected chi connectivity index (χ1v) is 5.89. The number of hydrogen-bond donors (Lipinski definition) is 1. The highest BCUT2D eigenvalue weighted by molar-refractivity contribution is 5.81. The Morgan fingerprint density at radius 3 is 3.19 bits per heavy atom. The van der Waals surface area contributed by atoms with Crippen LogP contribution in [-0.4, -0.2) is 22.6 Å². The fourth-order valence-electron chi connectivity index (χ4n) is 2.82. The predicted molar refractivity (Wildman–Crippen MR) is 65.6 cm³/mol. The summed E-state index contributed by atoms with van der Waals surface area (Å²) in [6.45, 7) is 0. The SMILES string of the molecule is CNC1CCc2c(c3ncccc3n2C)C1. The van der Waals surface area contributed by atoms with E-state index in [1.165, 1.54) is 28.7 Å². The molecule has 0 bridgehead atoms. The van der Waals surface area contributed by atoms with E-state index in [1.807, 2.05) is 19.3 Å². The first-order chi connectivity index (χ1) is 7.81. The monoisotopic (exact) mass is 215 g/mol. The number of aryl methyl sites for hydroxylation is 1. The maximum atomic E-state index is 4.54. The van der Waals surface area contributed by atoms with Gasteiger partial charge >= 0.3 is 0 Å². The summed E-state index contributed by atoms with van der Waals surface area (Å²) in [5, 5.41) is 3.38. The zero-order valence-corrected chi connectivity index (χ0v) is 9.83.